The van der Waals surface area contributed by atoms with Gasteiger partial charge in [-0.25, -0.2) is 4.98 Å². The Labute approximate surface area is 151 Å². The monoisotopic (exact) mass is 362 g/mol. The lowest BCUT2D eigenvalue weighted by atomic mass is 10.2. The number of hydrogen-bond donors (Lipinski definition) is 1. The van der Waals surface area contributed by atoms with E-state index in [1.807, 2.05) is 24.1 Å². The Balaban J connectivity index is 0.00000242. The summed E-state index contributed by atoms with van der Waals surface area (Å²) in [6, 6.07) is 4.14. The predicted molar refractivity (Wildman–Crippen MR) is 100 cm³/mol. The van der Waals surface area contributed by atoms with Gasteiger partial charge in [0.2, 0.25) is 0 Å². The molecule has 2 rings (SSSR count). The van der Waals surface area contributed by atoms with E-state index in [1.165, 1.54) is 0 Å². The SMILES string of the molecule is CCCN(CC)c1ccc(C(=O)N(C)C2CCNC2)cn1.Cl.Cl. The van der Waals surface area contributed by atoms with Gasteiger partial charge in [-0.1, -0.05) is 6.92 Å². The van der Waals surface area contributed by atoms with Gasteiger partial charge in [0.15, 0.2) is 0 Å². The summed E-state index contributed by atoms with van der Waals surface area (Å²) in [5, 5.41) is 3.29. The second-order valence-electron chi connectivity index (χ2n) is 5.55. The van der Waals surface area contributed by atoms with Crippen molar-refractivity contribution >= 4 is 36.5 Å². The van der Waals surface area contributed by atoms with E-state index in [4.69, 9.17) is 0 Å². The standard InChI is InChI=1S/C16H26N4O.2ClH/c1-4-10-20(5-2)15-7-6-13(11-18-15)16(21)19(3)14-8-9-17-12-14;;/h6-7,11,14,17H,4-5,8-10,12H2,1-3H3;2*1H. The molecule has 0 radical (unpaired) electrons. The molecule has 7 heteroatoms. The Bertz CT molecular complexity index is 464. The molecule has 0 aromatic carbocycles. The number of rotatable bonds is 6. The van der Waals surface area contributed by atoms with Crippen LogP contribution < -0.4 is 10.2 Å². The minimum Gasteiger partial charge on any atom is -0.357 e. The van der Waals surface area contributed by atoms with Gasteiger partial charge >= 0.3 is 0 Å². The number of anilines is 1. The molecule has 0 bridgehead atoms. The molecular formula is C16H28Cl2N4O. The molecule has 1 aromatic rings. The Kier molecular flexibility index (Phi) is 10.2. The molecule has 1 N–H and O–H groups in total. The van der Waals surface area contributed by atoms with Crippen molar-refractivity contribution in [3.05, 3.63) is 23.9 Å². The summed E-state index contributed by atoms with van der Waals surface area (Å²) < 4.78 is 0. The number of carbonyl (C=O) groups excluding carboxylic acids is 1. The number of halogens is 2. The molecule has 0 spiro atoms. The fraction of sp³-hybridized carbons (Fsp3) is 0.625. The molecule has 0 saturated carbocycles. The lowest BCUT2D eigenvalue weighted by Crippen LogP contribution is -2.38. The lowest BCUT2D eigenvalue weighted by Gasteiger charge is -2.24. The van der Waals surface area contributed by atoms with Crippen LogP contribution in [-0.2, 0) is 0 Å². The maximum absolute atomic E-state index is 12.5. The van der Waals surface area contributed by atoms with Crippen LogP contribution in [0.3, 0.4) is 0 Å². The van der Waals surface area contributed by atoms with Crippen molar-refractivity contribution in [1.82, 2.24) is 15.2 Å². The van der Waals surface area contributed by atoms with Crippen molar-refractivity contribution in [2.24, 2.45) is 0 Å². The highest BCUT2D eigenvalue weighted by Crippen LogP contribution is 2.15. The predicted octanol–water partition coefficient (Wildman–Crippen LogP) is 2.60. The zero-order valence-corrected chi connectivity index (χ0v) is 15.8. The summed E-state index contributed by atoms with van der Waals surface area (Å²) in [6.45, 7) is 8.07. The van der Waals surface area contributed by atoms with Gasteiger partial charge in [0, 0.05) is 38.9 Å². The summed E-state index contributed by atoms with van der Waals surface area (Å²) in [7, 11) is 1.88. The van der Waals surface area contributed by atoms with E-state index in [1.54, 1.807) is 6.20 Å². The summed E-state index contributed by atoms with van der Waals surface area (Å²) in [6.07, 6.45) is 3.82. The first-order valence-corrected chi connectivity index (χ1v) is 7.86. The number of amides is 1. The van der Waals surface area contributed by atoms with Crippen molar-refractivity contribution in [2.75, 3.05) is 38.1 Å². The number of aromatic nitrogens is 1. The first-order chi connectivity index (χ1) is 10.2. The van der Waals surface area contributed by atoms with E-state index < -0.39 is 0 Å². The Morgan fingerprint density at radius 2 is 2.09 bits per heavy atom. The van der Waals surface area contributed by atoms with Gasteiger partial charge in [-0.15, -0.1) is 24.8 Å². The third-order valence-electron chi connectivity index (χ3n) is 4.10. The maximum Gasteiger partial charge on any atom is 0.255 e. The van der Waals surface area contributed by atoms with Crippen LogP contribution in [0.1, 0.15) is 37.0 Å². The molecule has 1 unspecified atom stereocenters. The smallest absolute Gasteiger partial charge is 0.255 e. The first-order valence-electron chi connectivity index (χ1n) is 7.86. The van der Waals surface area contributed by atoms with Gasteiger partial charge in [-0.2, -0.15) is 0 Å². The largest absolute Gasteiger partial charge is 0.357 e. The number of likely N-dealkylation sites (N-methyl/N-ethyl adjacent to an activating group) is 1. The van der Waals surface area contributed by atoms with Crippen LogP contribution in [0.2, 0.25) is 0 Å². The number of carbonyl (C=O) groups is 1. The molecule has 1 aliphatic rings. The molecule has 1 amide bonds. The second kappa shape index (κ2) is 10.7. The van der Waals surface area contributed by atoms with E-state index in [2.05, 4.69) is 29.0 Å². The molecule has 0 aliphatic carbocycles. The van der Waals surface area contributed by atoms with Crippen molar-refractivity contribution < 1.29 is 4.79 Å². The highest BCUT2D eigenvalue weighted by Gasteiger charge is 2.24. The van der Waals surface area contributed by atoms with Crippen LogP contribution in [0.5, 0.6) is 0 Å². The molecule has 5 nitrogen and oxygen atoms in total. The minimum absolute atomic E-state index is 0. The molecule has 1 fully saturated rings. The van der Waals surface area contributed by atoms with E-state index >= 15 is 0 Å². The Morgan fingerprint density at radius 3 is 2.57 bits per heavy atom. The van der Waals surface area contributed by atoms with Crippen molar-refractivity contribution in [1.29, 1.82) is 0 Å². The van der Waals surface area contributed by atoms with Gasteiger partial charge < -0.3 is 15.1 Å². The van der Waals surface area contributed by atoms with E-state index in [-0.39, 0.29) is 30.7 Å². The first kappa shape index (κ1) is 22.0. The average molecular weight is 363 g/mol. The normalized spacial score (nSPS) is 16.2. The molecule has 1 aromatic heterocycles. The third-order valence-corrected chi connectivity index (χ3v) is 4.10. The summed E-state index contributed by atoms with van der Waals surface area (Å²) in [5.41, 5.74) is 0.667. The van der Waals surface area contributed by atoms with E-state index in [0.717, 1.165) is 44.8 Å². The second-order valence-corrected chi connectivity index (χ2v) is 5.55. The molecule has 132 valence electrons. The Hall–Kier alpha value is -1.04. The number of pyridine rings is 1. The van der Waals surface area contributed by atoms with Crippen LogP contribution in [-0.4, -0.2) is 55.1 Å². The zero-order valence-electron chi connectivity index (χ0n) is 14.1. The maximum atomic E-state index is 12.5. The molecule has 1 atom stereocenters. The van der Waals surface area contributed by atoms with Crippen LogP contribution in [0.15, 0.2) is 18.3 Å². The summed E-state index contributed by atoms with van der Waals surface area (Å²) in [5.74, 6) is 1.00. The average Bonchev–Trinajstić information content (AvgIpc) is 3.06. The quantitative estimate of drug-likeness (QED) is 0.844. The van der Waals surface area contributed by atoms with Crippen molar-refractivity contribution in [3.8, 4) is 0 Å². The van der Waals surface area contributed by atoms with Crippen molar-refractivity contribution in [3.63, 3.8) is 0 Å². The summed E-state index contributed by atoms with van der Waals surface area (Å²) >= 11 is 0. The van der Waals surface area contributed by atoms with Gasteiger partial charge in [0.05, 0.1) is 5.56 Å². The molecule has 1 aliphatic heterocycles. The lowest BCUT2D eigenvalue weighted by molar-refractivity contribution is 0.0743. The molecule has 2 heterocycles. The zero-order chi connectivity index (χ0) is 15.2. The van der Waals surface area contributed by atoms with E-state index in [0.29, 0.717) is 11.6 Å². The summed E-state index contributed by atoms with van der Waals surface area (Å²) in [4.78, 5) is 21.0. The van der Waals surface area contributed by atoms with E-state index in [9.17, 15) is 4.79 Å². The van der Waals surface area contributed by atoms with Gasteiger partial charge in [0.25, 0.3) is 5.91 Å². The minimum atomic E-state index is 0. The van der Waals surface area contributed by atoms with Gasteiger partial charge in [-0.05, 0) is 38.4 Å². The number of nitrogens with zero attached hydrogens (tertiary/aromatic N) is 3. The van der Waals surface area contributed by atoms with Crippen LogP contribution in [0, 0.1) is 0 Å². The number of nitrogens with one attached hydrogen (secondary N) is 1. The highest BCUT2D eigenvalue weighted by molar-refractivity contribution is 5.94. The third kappa shape index (κ3) is 5.52. The molecular weight excluding hydrogens is 335 g/mol. The molecule has 23 heavy (non-hydrogen) atoms. The number of hydrogen-bond acceptors (Lipinski definition) is 4. The van der Waals surface area contributed by atoms with Gasteiger partial charge in [0.1, 0.15) is 5.82 Å². The fourth-order valence-corrected chi connectivity index (χ4v) is 2.74. The van der Waals surface area contributed by atoms with Crippen LogP contribution >= 0.6 is 24.8 Å². The fourth-order valence-electron chi connectivity index (χ4n) is 2.74. The molecule has 1 saturated heterocycles. The van der Waals surface area contributed by atoms with Crippen LogP contribution in [0.4, 0.5) is 5.82 Å². The Morgan fingerprint density at radius 1 is 1.35 bits per heavy atom. The van der Waals surface area contributed by atoms with Gasteiger partial charge in [-0.3, -0.25) is 4.79 Å². The topological polar surface area (TPSA) is 48.5 Å². The van der Waals surface area contributed by atoms with Crippen LogP contribution in [0.25, 0.3) is 0 Å². The van der Waals surface area contributed by atoms with Crippen molar-refractivity contribution in [2.45, 2.75) is 32.7 Å². The highest BCUT2D eigenvalue weighted by atomic mass is 35.5.